The van der Waals surface area contributed by atoms with Crippen molar-refractivity contribution in [2.45, 2.75) is 13.5 Å². The van der Waals surface area contributed by atoms with Gasteiger partial charge in [0.2, 0.25) is 0 Å². The molecule has 2 heterocycles. The maximum Gasteiger partial charge on any atom is 0.260 e. The summed E-state index contributed by atoms with van der Waals surface area (Å²) in [5.74, 6) is -0.240. The fourth-order valence-electron chi connectivity index (χ4n) is 3.64. The van der Waals surface area contributed by atoms with E-state index in [0.29, 0.717) is 10.7 Å². The van der Waals surface area contributed by atoms with E-state index in [4.69, 9.17) is 21.6 Å². The lowest BCUT2D eigenvalue weighted by atomic mass is 10.1. The minimum absolute atomic E-state index is 0.0728. The third-order valence-electron chi connectivity index (χ3n) is 5.16. The molecular formula is C24H18ClN5O. The lowest BCUT2D eigenvalue weighted by Gasteiger charge is -2.07. The molecule has 0 aliphatic rings. The zero-order chi connectivity index (χ0) is 21.4. The van der Waals surface area contributed by atoms with Crippen LogP contribution in [0.3, 0.4) is 0 Å². The molecule has 0 bridgehead atoms. The van der Waals surface area contributed by atoms with Crippen LogP contribution >= 0.6 is 11.6 Å². The van der Waals surface area contributed by atoms with Crippen molar-refractivity contribution in [1.82, 2.24) is 20.0 Å². The Morgan fingerprint density at radius 3 is 2.61 bits per heavy atom. The van der Waals surface area contributed by atoms with E-state index >= 15 is 0 Å². The van der Waals surface area contributed by atoms with Gasteiger partial charge in [-0.15, -0.1) is 0 Å². The fraction of sp³-hybridized carbons (Fsp3) is 0.0833. The van der Waals surface area contributed by atoms with Crippen molar-refractivity contribution < 1.29 is 4.79 Å². The molecule has 5 rings (SSSR count). The number of hydrazone groups is 1. The second kappa shape index (κ2) is 7.81. The van der Waals surface area contributed by atoms with Crippen molar-refractivity contribution in [2.24, 2.45) is 5.10 Å². The van der Waals surface area contributed by atoms with Gasteiger partial charge in [0.05, 0.1) is 22.3 Å². The van der Waals surface area contributed by atoms with Gasteiger partial charge in [-0.25, -0.2) is 15.4 Å². The van der Waals surface area contributed by atoms with E-state index in [0.717, 1.165) is 38.7 Å². The molecule has 5 aromatic rings. The number of hydrogen-bond acceptors (Lipinski definition) is 4. The van der Waals surface area contributed by atoms with E-state index in [1.807, 2.05) is 72.2 Å². The van der Waals surface area contributed by atoms with Crippen molar-refractivity contribution in [2.75, 3.05) is 0 Å². The molecule has 0 atom stereocenters. The number of rotatable bonds is 4. The predicted molar refractivity (Wildman–Crippen MR) is 124 cm³/mol. The first-order valence-corrected chi connectivity index (χ1v) is 10.2. The average molecular weight is 428 g/mol. The summed E-state index contributed by atoms with van der Waals surface area (Å²) in [5.41, 5.74) is 8.06. The highest BCUT2D eigenvalue weighted by Gasteiger charge is 2.16. The van der Waals surface area contributed by atoms with E-state index in [1.165, 1.54) is 0 Å². The molecule has 0 aliphatic heterocycles. The molecule has 3 aromatic carbocycles. The molecule has 0 spiro atoms. The van der Waals surface area contributed by atoms with Crippen LogP contribution in [-0.2, 0) is 11.3 Å². The Bertz CT molecular complexity index is 1470. The first-order valence-electron chi connectivity index (χ1n) is 9.83. The van der Waals surface area contributed by atoms with Crippen LogP contribution in [0.1, 0.15) is 12.5 Å². The molecule has 1 N–H and O–H groups in total. The topological polar surface area (TPSA) is 72.2 Å². The minimum Gasteiger partial charge on any atom is -0.314 e. The second-order valence-electron chi connectivity index (χ2n) is 7.23. The number of carbonyl (C=O) groups excluding carboxylic acids is 1. The third-order valence-corrected chi connectivity index (χ3v) is 5.39. The van der Waals surface area contributed by atoms with Crippen LogP contribution in [0, 0.1) is 0 Å². The molecular weight excluding hydrogens is 410 g/mol. The number of benzene rings is 3. The van der Waals surface area contributed by atoms with Gasteiger partial charge >= 0.3 is 0 Å². The summed E-state index contributed by atoms with van der Waals surface area (Å²) in [6, 6.07) is 22.9. The van der Waals surface area contributed by atoms with Gasteiger partial charge in [-0.05, 0) is 36.8 Å². The first kappa shape index (κ1) is 19.2. The number of aromatic nitrogens is 3. The van der Waals surface area contributed by atoms with Gasteiger partial charge in [-0.3, -0.25) is 4.79 Å². The van der Waals surface area contributed by atoms with E-state index < -0.39 is 0 Å². The molecule has 1 amide bonds. The van der Waals surface area contributed by atoms with Crippen LogP contribution in [0.2, 0.25) is 5.02 Å². The summed E-state index contributed by atoms with van der Waals surface area (Å²) in [7, 11) is 0. The molecule has 0 fully saturated rings. The molecule has 0 saturated carbocycles. The van der Waals surface area contributed by atoms with Crippen LogP contribution in [0.15, 0.2) is 77.9 Å². The Balaban J connectivity index is 1.54. The fourth-order valence-corrected chi connectivity index (χ4v) is 3.81. The smallest absolute Gasteiger partial charge is 0.260 e. The largest absolute Gasteiger partial charge is 0.314 e. The van der Waals surface area contributed by atoms with Gasteiger partial charge in [0.15, 0.2) is 5.65 Å². The highest BCUT2D eigenvalue weighted by molar-refractivity contribution is 6.31. The number of para-hydroxylation sites is 1. The quantitative estimate of drug-likeness (QED) is 0.326. The Morgan fingerprint density at radius 2 is 1.77 bits per heavy atom. The van der Waals surface area contributed by atoms with Crippen molar-refractivity contribution in [3.8, 4) is 0 Å². The zero-order valence-electron chi connectivity index (χ0n) is 16.7. The van der Waals surface area contributed by atoms with Gasteiger partial charge in [-0.1, -0.05) is 60.1 Å². The first-order chi connectivity index (χ1) is 15.1. The van der Waals surface area contributed by atoms with Gasteiger partial charge in [0.1, 0.15) is 12.1 Å². The monoisotopic (exact) mass is 427 g/mol. The minimum atomic E-state index is -0.240. The molecule has 0 unspecified atom stereocenters. The van der Waals surface area contributed by atoms with E-state index in [9.17, 15) is 4.79 Å². The standard InChI is InChI=1S/C24H18ClN5O/c1-15(16-7-3-2-4-8-16)28-29-22(31)14-30-21-10-6-5-9-18(21)23-24(30)27-19-12-11-17(25)13-20(19)26-23/h2-13H,14H2,1H3,(H,29,31)/b28-15-. The summed E-state index contributed by atoms with van der Waals surface area (Å²) in [6.07, 6.45) is 0. The summed E-state index contributed by atoms with van der Waals surface area (Å²) in [5, 5.41) is 5.79. The second-order valence-corrected chi connectivity index (χ2v) is 7.67. The molecule has 6 nitrogen and oxygen atoms in total. The Hall–Kier alpha value is -3.77. The third kappa shape index (κ3) is 3.62. The molecule has 152 valence electrons. The van der Waals surface area contributed by atoms with Gasteiger partial charge in [0.25, 0.3) is 5.91 Å². The molecule has 31 heavy (non-hydrogen) atoms. The Kier molecular flexibility index (Phi) is 4.84. The summed E-state index contributed by atoms with van der Waals surface area (Å²) in [6.45, 7) is 1.93. The number of hydrogen-bond donors (Lipinski definition) is 1. The average Bonchev–Trinajstić information content (AvgIpc) is 3.09. The summed E-state index contributed by atoms with van der Waals surface area (Å²) in [4.78, 5) is 22.3. The van der Waals surface area contributed by atoms with E-state index in [2.05, 4.69) is 10.5 Å². The summed E-state index contributed by atoms with van der Waals surface area (Å²) < 4.78 is 1.87. The Labute approximate surface area is 183 Å². The van der Waals surface area contributed by atoms with Crippen molar-refractivity contribution in [1.29, 1.82) is 0 Å². The molecule has 2 aromatic heterocycles. The number of fused-ring (bicyclic) bond motifs is 4. The van der Waals surface area contributed by atoms with Crippen LogP contribution in [0.4, 0.5) is 0 Å². The number of nitrogens with one attached hydrogen (secondary N) is 1. The maximum atomic E-state index is 12.7. The predicted octanol–water partition coefficient (Wildman–Crippen LogP) is 4.93. The van der Waals surface area contributed by atoms with Gasteiger partial charge < -0.3 is 4.57 Å². The molecule has 0 saturated heterocycles. The van der Waals surface area contributed by atoms with Crippen LogP contribution in [0.5, 0.6) is 0 Å². The van der Waals surface area contributed by atoms with Crippen molar-refractivity contribution in [3.63, 3.8) is 0 Å². The number of halogens is 1. The highest BCUT2D eigenvalue weighted by Crippen LogP contribution is 2.28. The number of carbonyl (C=O) groups is 1. The molecule has 0 radical (unpaired) electrons. The van der Waals surface area contributed by atoms with E-state index in [-0.39, 0.29) is 12.5 Å². The molecule has 7 heteroatoms. The zero-order valence-corrected chi connectivity index (χ0v) is 17.5. The molecule has 0 aliphatic carbocycles. The number of nitrogens with zero attached hydrogens (tertiary/aromatic N) is 4. The number of amides is 1. The normalized spacial score (nSPS) is 12.0. The SMILES string of the molecule is C/C(=N/NC(=O)Cn1c2ccccc2c2nc3cc(Cl)ccc3nc21)c1ccccc1. The highest BCUT2D eigenvalue weighted by atomic mass is 35.5. The van der Waals surface area contributed by atoms with Crippen LogP contribution in [0.25, 0.3) is 33.1 Å². The van der Waals surface area contributed by atoms with Crippen molar-refractivity contribution in [3.05, 3.63) is 83.4 Å². The Morgan fingerprint density at radius 1 is 1.00 bits per heavy atom. The van der Waals surface area contributed by atoms with Gasteiger partial charge in [0, 0.05) is 10.4 Å². The maximum absolute atomic E-state index is 12.7. The summed E-state index contributed by atoms with van der Waals surface area (Å²) >= 11 is 6.13. The van der Waals surface area contributed by atoms with Crippen molar-refractivity contribution >= 4 is 56.3 Å². The van der Waals surface area contributed by atoms with Crippen LogP contribution < -0.4 is 5.43 Å². The van der Waals surface area contributed by atoms with Gasteiger partial charge in [-0.2, -0.15) is 5.10 Å². The van der Waals surface area contributed by atoms with Crippen LogP contribution in [-0.4, -0.2) is 26.2 Å². The van der Waals surface area contributed by atoms with E-state index in [1.54, 1.807) is 12.1 Å². The lowest BCUT2D eigenvalue weighted by Crippen LogP contribution is -2.24. The lowest BCUT2D eigenvalue weighted by molar-refractivity contribution is -0.121.